The van der Waals surface area contributed by atoms with Crippen LogP contribution in [0.5, 0.6) is 5.75 Å². The van der Waals surface area contributed by atoms with Crippen LogP contribution in [-0.2, 0) is 16.6 Å². The minimum absolute atomic E-state index is 0.0250. The Kier molecular flexibility index (Phi) is 3.20. The maximum atomic E-state index is 11.8. The number of fused-ring (bicyclic) bond motifs is 2. The molecule has 2 saturated heterocycles. The van der Waals surface area contributed by atoms with Gasteiger partial charge in [0.1, 0.15) is 17.6 Å². The van der Waals surface area contributed by atoms with Crippen LogP contribution in [0, 0.1) is 5.92 Å². The molecular weight excluding hydrogens is 316 g/mol. The van der Waals surface area contributed by atoms with E-state index in [1.165, 1.54) is 5.56 Å². The molecule has 0 amide bonds. The first kappa shape index (κ1) is 16.1. The lowest BCUT2D eigenvalue weighted by Crippen LogP contribution is -2.75. The van der Waals surface area contributed by atoms with E-state index < -0.39 is 11.0 Å². The molecule has 25 heavy (non-hydrogen) atoms. The molecule has 2 unspecified atom stereocenters. The van der Waals surface area contributed by atoms with Gasteiger partial charge in [0.2, 0.25) is 0 Å². The van der Waals surface area contributed by atoms with Crippen molar-refractivity contribution >= 4 is 0 Å². The van der Waals surface area contributed by atoms with Gasteiger partial charge in [0.15, 0.2) is 0 Å². The number of epoxide rings is 1. The normalized spacial score (nSPS) is 44.0. The fourth-order valence-corrected chi connectivity index (χ4v) is 5.86. The number of hydrogen-bond donors (Lipinski definition) is 4. The zero-order valence-corrected chi connectivity index (χ0v) is 15.0. The predicted octanol–water partition coefficient (Wildman–Crippen LogP) is 1.41. The van der Waals surface area contributed by atoms with E-state index in [4.69, 9.17) is 4.74 Å². The van der Waals surface area contributed by atoms with Crippen LogP contribution in [-0.4, -0.2) is 46.8 Å². The molecule has 0 spiro atoms. The highest BCUT2D eigenvalue weighted by molar-refractivity contribution is 5.51. The van der Waals surface area contributed by atoms with Gasteiger partial charge in [-0.05, 0) is 61.4 Å². The van der Waals surface area contributed by atoms with Crippen molar-refractivity contribution < 1.29 is 14.9 Å². The highest BCUT2D eigenvalue weighted by Crippen LogP contribution is 2.65. The van der Waals surface area contributed by atoms with Gasteiger partial charge in [0.05, 0.1) is 11.0 Å². The second-order valence-electron chi connectivity index (χ2n) is 8.86. The lowest BCUT2D eigenvalue weighted by molar-refractivity contribution is -0.124. The minimum atomic E-state index is -0.809. The summed E-state index contributed by atoms with van der Waals surface area (Å²) in [5.41, 5.74) is 0.784. The van der Waals surface area contributed by atoms with Crippen molar-refractivity contribution in [3.05, 3.63) is 29.3 Å². The maximum absolute atomic E-state index is 11.8. The molecule has 5 heteroatoms. The standard InChI is InChI=1S/C20H28N2O3/c1-12(2)11-22-20-6-5-19(24)16-9-13-3-4-14(23)10-15(13)18(19,7-8-21-16)17(20)25-20/h3-4,10,12,16-17,21-24H,5-9,11H2,1-2H3/t16-,17?,18+,19-,20?/m1/s1. The van der Waals surface area contributed by atoms with Gasteiger partial charge >= 0.3 is 0 Å². The van der Waals surface area contributed by atoms with Gasteiger partial charge in [-0.1, -0.05) is 19.9 Å². The van der Waals surface area contributed by atoms with Gasteiger partial charge in [-0.15, -0.1) is 0 Å². The van der Waals surface area contributed by atoms with Crippen molar-refractivity contribution in [1.82, 2.24) is 10.6 Å². The predicted molar refractivity (Wildman–Crippen MR) is 94.5 cm³/mol. The summed E-state index contributed by atoms with van der Waals surface area (Å²) < 4.78 is 6.34. The molecule has 3 fully saturated rings. The second kappa shape index (κ2) is 4.97. The van der Waals surface area contributed by atoms with Gasteiger partial charge in [0, 0.05) is 12.6 Å². The maximum Gasteiger partial charge on any atom is 0.147 e. The number of aliphatic hydroxyl groups is 1. The SMILES string of the molecule is CC(C)CNC12CC[C@@]3(O)[C@H]4Cc5ccc(O)cc5[C@@]3(CCN4)C1O2. The van der Waals surface area contributed by atoms with Crippen LogP contribution in [0.25, 0.3) is 0 Å². The van der Waals surface area contributed by atoms with Gasteiger partial charge in [-0.3, -0.25) is 5.32 Å². The van der Waals surface area contributed by atoms with E-state index in [1.54, 1.807) is 6.07 Å². The van der Waals surface area contributed by atoms with E-state index >= 15 is 0 Å². The van der Waals surface area contributed by atoms with Crippen LogP contribution in [0.4, 0.5) is 0 Å². The minimum Gasteiger partial charge on any atom is -0.508 e. The fourth-order valence-electron chi connectivity index (χ4n) is 5.86. The topological polar surface area (TPSA) is 77.0 Å². The number of benzene rings is 1. The summed E-state index contributed by atoms with van der Waals surface area (Å²) in [4.78, 5) is 0. The molecule has 2 aliphatic heterocycles. The first-order valence-electron chi connectivity index (χ1n) is 9.62. The highest BCUT2D eigenvalue weighted by Gasteiger charge is 2.78. The number of piperidine rings is 1. The number of ether oxygens (including phenoxy) is 1. The van der Waals surface area contributed by atoms with Gasteiger partial charge in [-0.2, -0.15) is 0 Å². The number of aromatic hydroxyl groups is 1. The molecule has 2 heterocycles. The lowest BCUT2D eigenvalue weighted by atomic mass is 9.49. The molecule has 4 aliphatic rings. The van der Waals surface area contributed by atoms with E-state index in [0.717, 1.165) is 44.3 Å². The molecule has 1 aromatic rings. The summed E-state index contributed by atoms with van der Waals surface area (Å²) in [5, 5.41) is 29.2. The Labute approximate surface area is 148 Å². The third-order valence-corrected chi connectivity index (χ3v) is 7.09. The first-order valence-corrected chi connectivity index (χ1v) is 9.62. The van der Waals surface area contributed by atoms with Crippen molar-refractivity contribution in [3.63, 3.8) is 0 Å². The average molecular weight is 344 g/mol. The number of nitrogens with one attached hydrogen (secondary N) is 2. The molecule has 5 rings (SSSR count). The monoisotopic (exact) mass is 344 g/mol. The largest absolute Gasteiger partial charge is 0.508 e. The van der Waals surface area contributed by atoms with E-state index in [0.29, 0.717) is 5.92 Å². The molecule has 2 bridgehead atoms. The van der Waals surface area contributed by atoms with Crippen molar-refractivity contribution in [1.29, 1.82) is 0 Å². The van der Waals surface area contributed by atoms with Crippen LogP contribution in [0.2, 0.25) is 0 Å². The Morgan fingerprint density at radius 3 is 2.96 bits per heavy atom. The smallest absolute Gasteiger partial charge is 0.147 e. The fraction of sp³-hybridized carbons (Fsp3) is 0.700. The Morgan fingerprint density at radius 1 is 1.32 bits per heavy atom. The van der Waals surface area contributed by atoms with E-state index in [9.17, 15) is 10.2 Å². The zero-order valence-electron chi connectivity index (χ0n) is 15.0. The molecule has 136 valence electrons. The van der Waals surface area contributed by atoms with Crippen molar-refractivity contribution in [2.45, 2.75) is 68.4 Å². The third-order valence-electron chi connectivity index (χ3n) is 7.09. The Bertz CT molecular complexity index is 723. The summed E-state index contributed by atoms with van der Waals surface area (Å²) in [6.07, 6.45) is 3.19. The van der Waals surface area contributed by atoms with Crippen LogP contribution in [0.15, 0.2) is 18.2 Å². The third kappa shape index (κ3) is 1.93. The Hall–Kier alpha value is -1.14. The van der Waals surface area contributed by atoms with Crippen molar-refractivity contribution in [3.8, 4) is 5.75 Å². The van der Waals surface area contributed by atoms with Gasteiger partial charge < -0.3 is 20.3 Å². The van der Waals surface area contributed by atoms with Crippen molar-refractivity contribution in [2.24, 2.45) is 5.92 Å². The van der Waals surface area contributed by atoms with Crippen LogP contribution in [0.1, 0.15) is 44.2 Å². The summed E-state index contributed by atoms with van der Waals surface area (Å²) in [6, 6.07) is 5.72. The van der Waals surface area contributed by atoms with E-state index in [-0.39, 0.29) is 23.6 Å². The quantitative estimate of drug-likeness (QED) is 0.624. The van der Waals surface area contributed by atoms with Crippen LogP contribution in [0.3, 0.4) is 0 Å². The molecule has 5 atom stereocenters. The second-order valence-corrected chi connectivity index (χ2v) is 8.86. The number of phenolic OH excluding ortho intramolecular Hbond substituents is 1. The molecule has 2 aliphatic carbocycles. The highest BCUT2D eigenvalue weighted by atomic mass is 16.6. The Balaban J connectivity index is 1.63. The van der Waals surface area contributed by atoms with Gasteiger partial charge in [0.25, 0.3) is 0 Å². The average Bonchev–Trinajstić information content (AvgIpc) is 3.30. The van der Waals surface area contributed by atoms with E-state index in [1.807, 2.05) is 12.1 Å². The molecule has 5 nitrogen and oxygen atoms in total. The molecule has 1 aromatic carbocycles. The van der Waals surface area contributed by atoms with Crippen LogP contribution >= 0.6 is 0 Å². The van der Waals surface area contributed by atoms with Gasteiger partial charge in [-0.25, -0.2) is 0 Å². The Morgan fingerprint density at radius 2 is 2.16 bits per heavy atom. The molecule has 1 saturated carbocycles. The molecule has 4 N–H and O–H groups in total. The van der Waals surface area contributed by atoms with Crippen LogP contribution < -0.4 is 10.6 Å². The van der Waals surface area contributed by atoms with Crippen molar-refractivity contribution in [2.75, 3.05) is 13.1 Å². The van der Waals surface area contributed by atoms with E-state index in [2.05, 4.69) is 24.5 Å². The number of hydrogen-bond acceptors (Lipinski definition) is 5. The summed E-state index contributed by atoms with van der Waals surface area (Å²) in [7, 11) is 0. The summed E-state index contributed by atoms with van der Waals surface area (Å²) in [5.74, 6) is 0.834. The molecular formula is C20H28N2O3. The number of phenols is 1. The summed E-state index contributed by atoms with van der Waals surface area (Å²) >= 11 is 0. The zero-order chi connectivity index (χ0) is 17.4. The first-order chi connectivity index (χ1) is 11.9. The number of rotatable bonds is 3. The lowest BCUT2D eigenvalue weighted by Gasteiger charge is -2.60. The molecule has 0 radical (unpaired) electrons. The molecule has 0 aromatic heterocycles. The summed E-state index contributed by atoms with van der Waals surface area (Å²) in [6.45, 7) is 6.20.